The summed E-state index contributed by atoms with van der Waals surface area (Å²) in [7, 11) is 0. The van der Waals surface area contributed by atoms with Gasteiger partial charge in [-0.1, -0.05) is 0 Å². The molecule has 1 aliphatic carbocycles. The zero-order chi connectivity index (χ0) is 12.3. The van der Waals surface area contributed by atoms with Crippen LogP contribution in [-0.4, -0.2) is 29.7 Å². The first-order chi connectivity index (χ1) is 8.05. The SMILES string of the molecule is CC(C)(O)C1CCC(OC2CCCCO2)CC1. The molecule has 1 saturated heterocycles. The predicted octanol–water partition coefficient (Wildman–Crippen LogP) is 2.86. The van der Waals surface area contributed by atoms with Crippen LogP contribution in [0.1, 0.15) is 58.8 Å². The molecular formula is C14H26O3. The van der Waals surface area contributed by atoms with Gasteiger partial charge in [-0.25, -0.2) is 0 Å². The number of rotatable bonds is 3. The van der Waals surface area contributed by atoms with E-state index in [0.717, 1.165) is 38.7 Å². The van der Waals surface area contributed by atoms with Crippen LogP contribution < -0.4 is 0 Å². The molecule has 1 unspecified atom stereocenters. The lowest BCUT2D eigenvalue weighted by atomic mass is 9.78. The Labute approximate surface area is 104 Å². The third-order valence-electron chi connectivity index (χ3n) is 4.16. The third-order valence-corrected chi connectivity index (χ3v) is 4.16. The van der Waals surface area contributed by atoms with Gasteiger partial charge in [0, 0.05) is 6.61 Å². The van der Waals surface area contributed by atoms with Crippen LogP contribution >= 0.6 is 0 Å². The summed E-state index contributed by atoms with van der Waals surface area (Å²) in [5.74, 6) is 0.426. The summed E-state index contributed by atoms with van der Waals surface area (Å²) in [5, 5.41) is 9.98. The molecule has 17 heavy (non-hydrogen) atoms. The minimum Gasteiger partial charge on any atom is -0.390 e. The Hall–Kier alpha value is -0.120. The third kappa shape index (κ3) is 3.94. The molecule has 1 saturated carbocycles. The Balaban J connectivity index is 1.71. The molecular weight excluding hydrogens is 216 g/mol. The summed E-state index contributed by atoms with van der Waals surface area (Å²) in [6.07, 6.45) is 8.09. The Morgan fingerprint density at radius 1 is 1.06 bits per heavy atom. The molecule has 0 spiro atoms. The maximum absolute atomic E-state index is 9.98. The lowest BCUT2D eigenvalue weighted by Gasteiger charge is -2.37. The topological polar surface area (TPSA) is 38.7 Å². The highest BCUT2D eigenvalue weighted by Crippen LogP contribution is 2.34. The van der Waals surface area contributed by atoms with E-state index in [2.05, 4.69) is 0 Å². The molecule has 1 atom stereocenters. The van der Waals surface area contributed by atoms with Crippen molar-refractivity contribution >= 4 is 0 Å². The van der Waals surface area contributed by atoms with E-state index in [1.165, 1.54) is 12.8 Å². The minimum absolute atomic E-state index is 0.0347. The first kappa shape index (κ1) is 13.3. The molecule has 100 valence electrons. The summed E-state index contributed by atoms with van der Waals surface area (Å²) < 4.78 is 11.6. The van der Waals surface area contributed by atoms with Crippen molar-refractivity contribution in [1.29, 1.82) is 0 Å². The molecule has 1 N–H and O–H groups in total. The van der Waals surface area contributed by atoms with Crippen LogP contribution in [0.3, 0.4) is 0 Å². The summed E-state index contributed by atoms with van der Waals surface area (Å²) in [4.78, 5) is 0. The van der Waals surface area contributed by atoms with Crippen molar-refractivity contribution in [3.63, 3.8) is 0 Å². The molecule has 2 fully saturated rings. The molecule has 0 radical (unpaired) electrons. The normalized spacial score (nSPS) is 35.8. The second-order valence-corrected chi connectivity index (χ2v) is 6.06. The average Bonchev–Trinajstić information content (AvgIpc) is 2.30. The van der Waals surface area contributed by atoms with E-state index in [1.54, 1.807) is 0 Å². The first-order valence-electron chi connectivity index (χ1n) is 7.05. The van der Waals surface area contributed by atoms with Crippen LogP contribution in [0, 0.1) is 5.92 Å². The molecule has 2 aliphatic rings. The summed E-state index contributed by atoms with van der Waals surface area (Å²) in [5.41, 5.74) is -0.535. The van der Waals surface area contributed by atoms with Gasteiger partial charge in [-0.2, -0.15) is 0 Å². The number of ether oxygens (including phenoxy) is 2. The van der Waals surface area contributed by atoms with Gasteiger partial charge in [0.2, 0.25) is 0 Å². The summed E-state index contributed by atoms with van der Waals surface area (Å²) in [6.45, 7) is 4.69. The van der Waals surface area contributed by atoms with Gasteiger partial charge in [0.05, 0.1) is 11.7 Å². The molecule has 3 heteroatoms. The van der Waals surface area contributed by atoms with E-state index in [-0.39, 0.29) is 6.29 Å². The molecule has 0 aromatic carbocycles. The van der Waals surface area contributed by atoms with Crippen molar-refractivity contribution in [2.45, 2.75) is 76.8 Å². The van der Waals surface area contributed by atoms with Crippen LogP contribution in [0.25, 0.3) is 0 Å². The fourth-order valence-electron chi connectivity index (χ4n) is 2.94. The highest BCUT2D eigenvalue weighted by Gasteiger charge is 2.32. The van der Waals surface area contributed by atoms with Crippen molar-refractivity contribution in [1.82, 2.24) is 0 Å². The van der Waals surface area contributed by atoms with Gasteiger partial charge in [-0.3, -0.25) is 0 Å². The molecule has 0 aromatic heterocycles. The molecule has 0 bridgehead atoms. The fourth-order valence-corrected chi connectivity index (χ4v) is 2.94. The fraction of sp³-hybridized carbons (Fsp3) is 1.00. The largest absolute Gasteiger partial charge is 0.390 e. The monoisotopic (exact) mass is 242 g/mol. The lowest BCUT2D eigenvalue weighted by Crippen LogP contribution is -2.37. The van der Waals surface area contributed by atoms with E-state index in [0.29, 0.717) is 12.0 Å². The lowest BCUT2D eigenvalue weighted by molar-refractivity contribution is -0.197. The van der Waals surface area contributed by atoms with Gasteiger partial charge in [-0.15, -0.1) is 0 Å². The molecule has 3 nitrogen and oxygen atoms in total. The van der Waals surface area contributed by atoms with E-state index in [9.17, 15) is 5.11 Å². The Morgan fingerprint density at radius 3 is 2.29 bits per heavy atom. The van der Waals surface area contributed by atoms with Gasteiger partial charge in [0.25, 0.3) is 0 Å². The van der Waals surface area contributed by atoms with Gasteiger partial charge >= 0.3 is 0 Å². The van der Waals surface area contributed by atoms with Gasteiger partial charge in [0.1, 0.15) is 0 Å². The van der Waals surface area contributed by atoms with Crippen LogP contribution in [0.15, 0.2) is 0 Å². The van der Waals surface area contributed by atoms with Crippen molar-refractivity contribution in [3.05, 3.63) is 0 Å². The zero-order valence-corrected chi connectivity index (χ0v) is 11.2. The number of hydrogen-bond acceptors (Lipinski definition) is 3. The molecule has 0 amide bonds. The Bertz CT molecular complexity index is 220. The molecule has 1 heterocycles. The van der Waals surface area contributed by atoms with E-state index >= 15 is 0 Å². The first-order valence-corrected chi connectivity index (χ1v) is 7.05. The highest BCUT2D eigenvalue weighted by molar-refractivity contribution is 4.83. The Kier molecular flexibility index (Phi) is 4.45. The van der Waals surface area contributed by atoms with Crippen molar-refractivity contribution in [2.24, 2.45) is 5.92 Å². The van der Waals surface area contributed by atoms with Crippen LogP contribution in [0.2, 0.25) is 0 Å². The standard InChI is InChI=1S/C14H26O3/c1-14(2,15)11-6-8-12(9-7-11)17-13-5-3-4-10-16-13/h11-13,15H,3-10H2,1-2H3. The minimum atomic E-state index is -0.535. The van der Waals surface area contributed by atoms with E-state index in [1.807, 2.05) is 13.8 Å². The molecule has 2 rings (SSSR count). The van der Waals surface area contributed by atoms with Gasteiger partial charge in [0.15, 0.2) is 6.29 Å². The zero-order valence-electron chi connectivity index (χ0n) is 11.2. The maximum atomic E-state index is 9.98. The molecule has 1 aliphatic heterocycles. The van der Waals surface area contributed by atoms with E-state index in [4.69, 9.17) is 9.47 Å². The average molecular weight is 242 g/mol. The number of hydrogen-bond donors (Lipinski definition) is 1. The second-order valence-electron chi connectivity index (χ2n) is 6.06. The highest BCUT2D eigenvalue weighted by atomic mass is 16.7. The number of aliphatic hydroxyl groups is 1. The van der Waals surface area contributed by atoms with Crippen molar-refractivity contribution < 1.29 is 14.6 Å². The van der Waals surface area contributed by atoms with Crippen molar-refractivity contribution in [2.75, 3.05) is 6.61 Å². The maximum Gasteiger partial charge on any atom is 0.157 e. The van der Waals surface area contributed by atoms with Crippen LogP contribution in [0.4, 0.5) is 0 Å². The van der Waals surface area contributed by atoms with Crippen LogP contribution in [0.5, 0.6) is 0 Å². The van der Waals surface area contributed by atoms with Crippen LogP contribution in [-0.2, 0) is 9.47 Å². The second kappa shape index (κ2) is 5.68. The quantitative estimate of drug-likeness (QED) is 0.827. The Morgan fingerprint density at radius 2 is 1.76 bits per heavy atom. The summed E-state index contributed by atoms with van der Waals surface area (Å²) >= 11 is 0. The van der Waals surface area contributed by atoms with Crippen molar-refractivity contribution in [3.8, 4) is 0 Å². The van der Waals surface area contributed by atoms with Gasteiger partial charge < -0.3 is 14.6 Å². The predicted molar refractivity (Wildman–Crippen MR) is 66.7 cm³/mol. The summed E-state index contributed by atoms with van der Waals surface area (Å²) in [6, 6.07) is 0. The van der Waals surface area contributed by atoms with Gasteiger partial charge in [-0.05, 0) is 64.7 Å². The molecule has 0 aromatic rings. The van der Waals surface area contributed by atoms with E-state index < -0.39 is 5.60 Å². The smallest absolute Gasteiger partial charge is 0.157 e.